The number of carbonyl (C=O) groups excluding carboxylic acids is 1. The van der Waals surface area contributed by atoms with Crippen molar-refractivity contribution in [2.75, 3.05) is 7.11 Å². The molecule has 0 aliphatic rings. The van der Waals surface area contributed by atoms with Crippen molar-refractivity contribution >= 4 is 5.97 Å². The van der Waals surface area contributed by atoms with E-state index in [1.807, 2.05) is 0 Å². The van der Waals surface area contributed by atoms with Gasteiger partial charge in [0.05, 0.1) is 13.0 Å². The fourth-order valence-electron chi connectivity index (χ4n) is 0.505. The third kappa shape index (κ3) is 2.05. The van der Waals surface area contributed by atoms with Crippen molar-refractivity contribution in [2.45, 2.75) is 6.92 Å². The summed E-state index contributed by atoms with van der Waals surface area (Å²) < 4.78 is 4.49. The van der Waals surface area contributed by atoms with E-state index >= 15 is 0 Å². The van der Waals surface area contributed by atoms with Crippen LogP contribution in [0.2, 0.25) is 0 Å². The molecule has 0 spiro atoms. The van der Waals surface area contributed by atoms with Crippen molar-refractivity contribution in [2.24, 2.45) is 5.92 Å². The van der Waals surface area contributed by atoms with E-state index < -0.39 is 0 Å². The predicted octanol–water partition coefficient (Wildman–Crippen LogP) is 1.54. The molecule has 0 aromatic carbocycles. The lowest BCUT2D eigenvalue weighted by molar-refractivity contribution is -0.143. The van der Waals surface area contributed by atoms with Crippen LogP contribution in [0.4, 0.5) is 0 Å². The summed E-state index contributed by atoms with van der Waals surface area (Å²) in [6.45, 7) is 8.85. The Hall–Kier alpha value is -1.05. The van der Waals surface area contributed by atoms with Crippen molar-refractivity contribution in [3.8, 4) is 0 Å². The fourth-order valence-corrected chi connectivity index (χ4v) is 0.505. The number of methoxy groups -OCH3 is 1. The van der Waals surface area contributed by atoms with Crippen LogP contribution in [-0.4, -0.2) is 13.1 Å². The van der Waals surface area contributed by atoms with Gasteiger partial charge in [0, 0.05) is 0 Å². The van der Waals surface area contributed by atoms with Gasteiger partial charge in [0.25, 0.3) is 0 Å². The zero-order chi connectivity index (χ0) is 8.15. The standard InChI is InChI=1S/C8H12O2/c1-5-6(2)7(3)8(9)10-4/h5,7H,1-2H2,3-4H3. The molecule has 0 aliphatic carbocycles. The molecule has 0 radical (unpaired) electrons. The van der Waals surface area contributed by atoms with E-state index in [1.165, 1.54) is 7.11 Å². The van der Waals surface area contributed by atoms with Crippen molar-refractivity contribution in [1.29, 1.82) is 0 Å². The normalized spacial score (nSPS) is 11.8. The number of rotatable bonds is 3. The third-order valence-electron chi connectivity index (χ3n) is 1.37. The first-order chi connectivity index (χ1) is 4.63. The van der Waals surface area contributed by atoms with Gasteiger partial charge < -0.3 is 4.74 Å². The van der Waals surface area contributed by atoms with Gasteiger partial charge in [-0.05, 0) is 12.5 Å². The molecular formula is C8H12O2. The van der Waals surface area contributed by atoms with Crippen LogP contribution < -0.4 is 0 Å². The Bertz CT molecular complexity index is 159. The lowest BCUT2D eigenvalue weighted by Gasteiger charge is -2.07. The van der Waals surface area contributed by atoms with E-state index in [1.54, 1.807) is 13.0 Å². The fraction of sp³-hybridized carbons (Fsp3) is 0.375. The van der Waals surface area contributed by atoms with Gasteiger partial charge in [-0.2, -0.15) is 0 Å². The highest BCUT2D eigenvalue weighted by atomic mass is 16.5. The van der Waals surface area contributed by atoms with Crippen LogP contribution in [0.25, 0.3) is 0 Å². The largest absolute Gasteiger partial charge is 0.469 e. The topological polar surface area (TPSA) is 26.3 Å². The lowest BCUT2D eigenvalue weighted by atomic mass is 10.0. The summed E-state index contributed by atoms with van der Waals surface area (Å²) in [7, 11) is 1.36. The van der Waals surface area contributed by atoms with E-state index in [0.29, 0.717) is 5.57 Å². The van der Waals surface area contributed by atoms with Gasteiger partial charge in [0.2, 0.25) is 0 Å². The molecule has 1 atom stereocenters. The van der Waals surface area contributed by atoms with Gasteiger partial charge in [-0.15, -0.1) is 0 Å². The molecule has 0 amide bonds. The van der Waals surface area contributed by atoms with Gasteiger partial charge in [0.1, 0.15) is 0 Å². The number of carbonyl (C=O) groups is 1. The second-order valence-electron chi connectivity index (χ2n) is 2.02. The molecule has 0 bridgehead atoms. The van der Waals surface area contributed by atoms with E-state index in [9.17, 15) is 4.79 Å². The van der Waals surface area contributed by atoms with Crippen molar-refractivity contribution in [3.63, 3.8) is 0 Å². The summed E-state index contributed by atoms with van der Waals surface area (Å²) in [5, 5.41) is 0. The Morgan fingerprint density at radius 2 is 2.20 bits per heavy atom. The van der Waals surface area contributed by atoms with Gasteiger partial charge in [0.15, 0.2) is 0 Å². The monoisotopic (exact) mass is 140 g/mol. The molecule has 0 heterocycles. The lowest BCUT2D eigenvalue weighted by Crippen LogP contribution is -2.13. The predicted molar refractivity (Wildman–Crippen MR) is 40.5 cm³/mol. The Kier molecular flexibility index (Phi) is 3.47. The number of hydrogen-bond acceptors (Lipinski definition) is 2. The molecule has 0 rings (SSSR count). The molecule has 10 heavy (non-hydrogen) atoms. The van der Waals surface area contributed by atoms with Gasteiger partial charge in [-0.3, -0.25) is 4.79 Å². The molecule has 56 valence electrons. The molecule has 2 nitrogen and oxygen atoms in total. The van der Waals surface area contributed by atoms with Crippen molar-refractivity contribution < 1.29 is 9.53 Å². The van der Waals surface area contributed by atoms with Crippen LogP contribution in [0.15, 0.2) is 24.8 Å². The minimum atomic E-state index is -0.275. The van der Waals surface area contributed by atoms with E-state index in [0.717, 1.165) is 0 Å². The molecular weight excluding hydrogens is 128 g/mol. The third-order valence-corrected chi connectivity index (χ3v) is 1.37. The molecule has 0 aromatic heterocycles. The summed E-state index contributed by atoms with van der Waals surface area (Å²) in [4.78, 5) is 10.8. The molecule has 0 aliphatic heterocycles. The highest BCUT2D eigenvalue weighted by molar-refractivity contribution is 5.75. The maximum absolute atomic E-state index is 10.8. The number of esters is 1. The zero-order valence-corrected chi connectivity index (χ0v) is 6.39. The first-order valence-corrected chi connectivity index (χ1v) is 3.02. The van der Waals surface area contributed by atoms with Crippen LogP contribution in [-0.2, 0) is 9.53 Å². The zero-order valence-electron chi connectivity index (χ0n) is 6.39. The van der Waals surface area contributed by atoms with Crippen LogP contribution in [0.5, 0.6) is 0 Å². The van der Waals surface area contributed by atoms with E-state index in [2.05, 4.69) is 17.9 Å². The van der Waals surface area contributed by atoms with Crippen LogP contribution in [0.3, 0.4) is 0 Å². The molecule has 0 saturated carbocycles. The average Bonchev–Trinajstić information content (AvgIpc) is 2.00. The van der Waals surface area contributed by atoms with Crippen molar-refractivity contribution in [3.05, 3.63) is 24.8 Å². The van der Waals surface area contributed by atoms with Crippen LogP contribution >= 0.6 is 0 Å². The van der Waals surface area contributed by atoms with E-state index in [4.69, 9.17) is 0 Å². The molecule has 0 N–H and O–H groups in total. The van der Waals surface area contributed by atoms with Gasteiger partial charge in [-0.25, -0.2) is 0 Å². The van der Waals surface area contributed by atoms with Gasteiger partial charge in [-0.1, -0.05) is 19.2 Å². The summed E-state index contributed by atoms with van der Waals surface area (Å²) >= 11 is 0. The summed E-state index contributed by atoms with van der Waals surface area (Å²) in [6.07, 6.45) is 1.56. The molecule has 2 heteroatoms. The Morgan fingerprint density at radius 3 is 2.50 bits per heavy atom. The Morgan fingerprint density at radius 1 is 1.70 bits per heavy atom. The molecule has 1 unspecified atom stereocenters. The first-order valence-electron chi connectivity index (χ1n) is 3.02. The Balaban J connectivity index is 4.06. The SMILES string of the molecule is C=CC(=C)C(C)C(=O)OC. The van der Waals surface area contributed by atoms with E-state index in [-0.39, 0.29) is 11.9 Å². The van der Waals surface area contributed by atoms with Crippen LogP contribution in [0.1, 0.15) is 6.92 Å². The van der Waals surface area contributed by atoms with Gasteiger partial charge >= 0.3 is 5.97 Å². The maximum Gasteiger partial charge on any atom is 0.312 e. The quantitative estimate of drug-likeness (QED) is 0.439. The highest BCUT2D eigenvalue weighted by Crippen LogP contribution is 2.09. The average molecular weight is 140 g/mol. The number of ether oxygens (including phenoxy) is 1. The second-order valence-corrected chi connectivity index (χ2v) is 2.02. The summed E-state index contributed by atoms with van der Waals surface area (Å²) in [5.74, 6) is -0.549. The number of hydrogen-bond donors (Lipinski definition) is 0. The maximum atomic E-state index is 10.8. The smallest absolute Gasteiger partial charge is 0.312 e. The molecule has 0 fully saturated rings. The van der Waals surface area contributed by atoms with Crippen LogP contribution in [0, 0.1) is 5.92 Å². The minimum absolute atomic E-state index is 0.273. The Labute approximate surface area is 61.2 Å². The highest BCUT2D eigenvalue weighted by Gasteiger charge is 2.13. The summed E-state index contributed by atoms with van der Waals surface area (Å²) in [6, 6.07) is 0. The second kappa shape index (κ2) is 3.88. The summed E-state index contributed by atoms with van der Waals surface area (Å²) in [5.41, 5.74) is 0.687. The minimum Gasteiger partial charge on any atom is -0.469 e. The van der Waals surface area contributed by atoms with Crippen molar-refractivity contribution in [1.82, 2.24) is 0 Å². The molecule has 0 saturated heterocycles. The first kappa shape index (κ1) is 8.95. The number of allylic oxidation sites excluding steroid dienone is 1. The molecule has 0 aromatic rings.